The van der Waals surface area contributed by atoms with Crippen molar-refractivity contribution < 1.29 is 72.1 Å². The summed E-state index contributed by atoms with van der Waals surface area (Å²) < 4.78 is 28.4. The molecule has 2 rings (SSSR count). The minimum Gasteiger partial charge on any atom is -0.917 e. The molecule has 0 bridgehead atoms. The molecule has 7 nitrogen and oxygen atoms in total. The average Bonchev–Trinajstić information content (AvgIpc) is 2.75. The molecule has 2 heterocycles. The second-order valence-electron chi connectivity index (χ2n) is 2.97. The SMILES string of the molecule is Cc1[nH]c(I)nc1I.Cc1[nH]cnc1I.O=[S-](=O)[O-].[Na+].[Na+]. The van der Waals surface area contributed by atoms with E-state index in [-0.39, 0.29) is 59.1 Å². The van der Waals surface area contributed by atoms with Crippen LogP contribution in [0.15, 0.2) is 6.33 Å². The van der Waals surface area contributed by atoms with Crippen LogP contribution in [0, 0.1) is 25.1 Å². The minimum atomic E-state index is -3.11. The number of halogens is 3. The summed E-state index contributed by atoms with van der Waals surface area (Å²) in [7, 11) is -3.11. The largest absolute Gasteiger partial charge is 1.00 e. The van der Waals surface area contributed by atoms with Gasteiger partial charge in [0.1, 0.15) is 7.40 Å². The van der Waals surface area contributed by atoms with E-state index < -0.39 is 11.0 Å². The summed E-state index contributed by atoms with van der Waals surface area (Å²) in [4.78, 5) is 14.1. The Morgan fingerprint density at radius 3 is 1.67 bits per heavy atom. The number of nitrogens with one attached hydrogen (secondary N) is 2. The molecular weight excluding hydrogens is 659 g/mol. The zero-order valence-electron chi connectivity index (χ0n) is 11.7. The molecule has 13 heteroatoms. The number of aromatic amines is 2. The average molecular weight is 668 g/mol. The first-order valence-corrected chi connectivity index (χ1v) is 8.77. The zero-order chi connectivity index (χ0) is 15.0. The molecule has 2 aromatic heterocycles. The Morgan fingerprint density at radius 1 is 1.10 bits per heavy atom. The topological polar surface area (TPSA) is 115 Å². The number of imidazole rings is 2. The van der Waals surface area contributed by atoms with Gasteiger partial charge in [-0.2, -0.15) is 11.0 Å². The molecule has 0 saturated heterocycles. The third-order valence-corrected chi connectivity index (χ3v) is 4.21. The summed E-state index contributed by atoms with van der Waals surface area (Å²) in [5, 5.41) is 0. The normalized spacial score (nSPS) is 8.52. The fourth-order valence-corrected chi connectivity index (χ4v) is 2.52. The quantitative estimate of drug-likeness (QED) is 0.101. The second kappa shape index (κ2) is 16.0. The van der Waals surface area contributed by atoms with Crippen molar-refractivity contribution in [1.82, 2.24) is 19.9 Å². The van der Waals surface area contributed by atoms with Crippen LogP contribution in [-0.2, 0) is 19.4 Å². The van der Waals surface area contributed by atoms with E-state index in [0.717, 1.165) is 22.6 Å². The number of hydrogen-bond donors (Lipinski definition) is 2. The van der Waals surface area contributed by atoms with Gasteiger partial charge in [-0.05, 0) is 81.6 Å². The molecule has 0 radical (unpaired) electrons. The monoisotopic (exact) mass is 668 g/mol. The predicted octanol–water partition coefficient (Wildman–Crippen LogP) is -3.32. The van der Waals surface area contributed by atoms with Gasteiger partial charge in [-0.3, -0.25) is 0 Å². The first-order chi connectivity index (χ1) is 8.73. The van der Waals surface area contributed by atoms with Gasteiger partial charge in [0.15, 0.2) is 3.83 Å². The zero-order valence-corrected chi connectivity index (χ0v) is 23.0. The second-order valence-corrected chi connectivity index (χ2v) is 6.44. The number of hydrogen-bond acceptors (Lipinski definition) is 6. The van der Waals surface area contributed by atoms with Crippen LogP contribution < -0.4 is 59.1 Å². The third-order valence-electron chi connectivity index (χ3n) is 1.56. The van der Waals surface area contributed by atoms with Crippen molar-refractivity contribution in [3.05, 3.63) is 28.9 Å². The van der Waals surface area contributed by atoms with Gasteiger partial charge in [-0.15, -0.1) is 0 Å². The molecule has 0 atom stereocenters. The van der Waals surface area contributed by atoms with E-state index in [4.69, 9.17) is 13.0 Å². The predicted molar refractivity (Wildman–Crippen MR) is 94.3 cm³/mol. The fourth-order valence-electron chi connectivity index (χ4n) is 0.746. The maximum absolute atomic E-state index is 8.44. The van der Waals surface area contributed by atoms with Gasteiger partial charge >= 0.3 is 59.1 Å². The molecule has 0 saturated carbocycles. The van der Waals surface area contributed by atoms with E-state index in [1.165, 1.54) is 0 Å². The maximum Gasteiger partial charge on any atom is 1.00 e. The molecule has 0 aromatic carbocycles. The van der Waals surface area contributed by atoms with E-state index in [2.05, 4.69) is 87.7 Å². The molecule has 0 fully saturated rings. The van der Waals surface area contributed by atoms with Gasteiger partial charge in [-0.25, -0.2) is 9.97 Å². The van der Waals surface area contributed by atoms with Crippen LogP contribution in [0.1, 0.15) is 11.4 Å². The molecule has 108 valence electrons. The Bertz CT molecular complexity index is 547. The van der Waals surface area contributed by atoms with Crippen molar-refractivity contribution >= 4 is 78.8 Å². The van der Waals surface area contributed by atoms with Gasteiger partial charge < -0.3 is 22.9 Å². The van der Waals surface area contributed by atoms with Crippen LogP contribution in [-0.4, -0.2) is 24.5 Å². The van der Waals surface area contributed by atoms with E-state index >= 15 is 0 Å². The van der Waals surface area contributed by atoms with Gasteiger partial charge in [0.25, 0.3) is 0 Å². The molecule has 0 aliphatic heterocycles. The van der Waals surface area contributed by atoms with Crippen LogP contribution in [0.5, 0.6) is 0 Å². The molecule has 2 N–H and O–H groups in total. The number of rotatable bonds is 0. The molecule has 0 amide bonds. The maximum atomic E-state index is 8.44. The van der Waals surface area contributed by atoms with Gasteiger partial charge in [0.2, 0.25) is 0 Å². The van der Waals surface area contributed by atoms with Gasteiger partial charge in [0.05, 0.1) is 6.33 Å². The number of aryl methyl sites for hydroxylation is 2. The van der Waals surface area contributed by atoms with E-state index in [1.807, 2.05) is 13.8 Å². The summed E-state index contributed by atoms with van der Waals surface area (Å²) in [6.45, 7) is 4.01. The van der Waals surface area contributed by atoms with Crippen molar-refractivity contribution in [2.24, 2.45) is 0 Å². The number of nitrogens with zero attached hydrogens (tertiary/aromatic N) is 2. The van der Waals surface area contributed by atoms with Crippen LogP contribution in [0.4, 0.5) is 0 Å². The van der Waals surface area contributed by atoms with Crippen LogP contribution >= 0.6 is 67.8 Å². The van der Waals surface area contributed by atoms with Crippen LogP contribution in [0.25, 0.3) is 0 Å². The molecule has 0 aliphatic carbocycles. The smallest absolute Gasteiger partial charge is 0.917 e. The molecule has 0 unspecified atom stereocenters. The van der Waals surface area contributed by atoms with Gasteiger partial charge in [0, 0.05) is 11.4 Å². The Labute approximate surface area is 209 Å². The Morgan fingerprint density at radius 2 is 1.57 bits per heavy atom. The standard InChI is InChI=1S/C4H4I2N2.C4H5IN2.2Na.O3S/c1-2-3(5)8-4(6)7-2;1-3-4(5)7-2-6-3;;;1-4(2)3/h1H3,(H,7,8);2H,1H3,(H,6,7);;;/q;;2*+1;-2. The summed E-state index contributed by atoms with van der Waals surface area (Å²) in [6, 6.07) is 0. The minimum absolute atomic E-state index is 0. The van der Waals surface area contributed by atoms with Crippen molar-refractivity contribution in [2.75, 3.05) is 0 Å². The van der Waals surface area contributed by atoms with Crippen molar-refractivity contribution in [3.8, 4) is 0 Å². The van der Waals surface area contributed by atoms with E-state index in [9.17, 15) is 0 Å². The summed E-state index contributed by atoms with van der Waals surface area (Å²) in [5.74, 6) is 0. The molecule has 0 spiro atoms. The fraction of sp³-hybridized carbons (Fsp3) is 0.250. The first-order valence-electron chi connectivity index (χ1n) is 4.53. The van der Waals surface area contributed by atoms with Crippen molar-refractivity contribution in [2.45, 2.75) is 13.8 Å². The van der Waals surface area contributed by atoms with E-state index in [1.54, 1.807) is 6.33 Å². The van der Waals surface area contributed by atoms with Crippen LogP contribution in [0.3, 0.4) is 0 Å². The van der Waals surface area contributed by atoms with Crippen molar-refractivity contribution in [1.29, 1.82) is 0 Å². The molecular formula is C8H9I3N4Na2O3S. The number of H-pyrrole nitrogens is 2. The Kier molecular flexibility index (Phi) is 21.6. The molecule has 0 aliphatic rings. The summed E-state index contributed by atoms with van der Waals surface area (Å²) in [6.07, 6.45) is 1.69. The Hall–Kier alpha value is 2.52. The third kappa shape index (κ3) is 15.8. The van der Waals surface area contributed by atoms with Crippen LogP contribution in [0.2, 0.25) is 0 Å². The number of aromatic nitrogens is 4. The molecule has 21 heavy (non-hydrogen) atoms. The summed E-state index contributed by atoms with van der Waals surface area (Å²) >= 11 is 6.53. The first kappa shape index (κ1) is 28.3. The van der Waals surface area contributed by atoms with E-state index in [0.29, 0.717) is 0 Å². The van der Waals surface area contributed by atoms with Gasteiger partial charge in [-0.1, -0.05) is 0 Å². The van der Waals surface area contributed by atoms with Crippen molar-refractivity contribution in [3.63, 3.8) is 0 Å². The summed E-state index contributed by atoms with van der Waals surface area (Å²) in [5.41, 5.74) is 2.29. The molecule has 2 aromatic rings. The Balaban J connectivity index is -0.000000233.